The van der Waals surface area contributed by atoms with Gasteiger partial charge in [-0.3, -0.25) is 14.4 Å². The third-order valence-corrected chi connectivity index (χ3v) is 5.07. The average molecular weight is 317 g/mol. The van der Waals surface area contributed by atoms with Crippen LogP contribution < -0.4 is 0 Å². The van der Waals surface area contributed by atoms with E-state index in [1.807, 2.05) is 0 Å². The van der Waals surface area contributed by atoms with Gasteiger partial charge in [0.25, 0.3) is 0 Å². The van der Waals surface area contributed by atoms with E-state index in [1.54, 1.807) is 0 Å². The molecule has 2 aliphatic carbocycles. The summed E-state index contributed by atoms with van der Waals surface area (Å²) in [6.07, 6.45) is 0.478. The van der Waals surface area contributed by atoms with Crippen LogP contribution in [0.15, 0.2) is 0 Å². The Morgan fingerprint density at radius 3 is 2.81 bits per heavy atom. The van der Waals surface area contributed by atoms with E-state index in [9.17, 15) is 14.4 Å². The summed E-state index contributed by atoms with van der Waals surface area (Å²) in [6, 6.07) is 0. The third kappa shape index (κ3) is 2.20. The van der Waals surface area contributed by atoms with Crippen LogP contribution in [0.3, 0.4) is 0 Å². The van der Waals surface area contributed by atoms with Crippen LogP contribution in [0.4, 0.5) is 0 Å². The first kappa shape index (κ1) is 14.6. The molecule has 2 bridgehead atoms. The number of carbonyl (C=O) groups excluding carboxylic acids is 3. The van der Waals surface area contributed by atoms with Crippen molar-refractivity contribution in [2.75, 3.05) is 13.0 Å². The smallest absolute Gasteiger partial charge is 0.310 e. The van der Waals surface area contributed by atoms with Crippen molar-refractivity contribution in [1.82, 2.24) is 0 Å². The van der Waals surface area contributed by atoms with E-state index in [0.717, 1.165) is 0 Å². The molecule has 1 aliphatic heterocycles. The van der Waals surface area contributed by atoms with Crippen molar-refractivity contribution in [2.24, 2.45) is 23.7 Å². The van der Waals surface area contributed by atoms with Crippen molar-refractivity contribution in [3.05, 3.63) is 0 Å². The summed E-state index contributed by atoms with van der Waals surface area (Å²) in [6.45, 7) is 0. The number of carbonyl (C=O) groups is 3. The lowest BCUT2D eigenvalue weighted by Crippen LogP contribution is -2.43. The minimum Gasteiger partial charge on any atom is -0.469 e. The zero-order valence-corrected chi connectivity index (χ0v) is 12.4. The zero-order chi connectivity index (χ0) is 15.1. The minimum absolute atomic E-state index is 0.0440. The molecule has 0 aromatic heterocycles. The number of ether oxygens (including phenoxy) is 3. The van der Waals surface area contributed by atoms with Gasteiger partial charge in [0.15, 0.2) is 0 Å². The topological polar surface area (TPSA) is 78.9 Å². The largest absolute Gasteiger partial charge is 0.469 e. The number of hydrogen-bond acceptors (Lipinski definition) is 6. The molecule has 0 amide bonds. The number of fused-ring (bicyclic) bond motifs is 1. The van der Waals surface area contributed by atoms with Gasteiger partial charge in [-0.2, -0.15) is 0 Å². The van der Waals surface area contributed by atoms with E-state index in [-0.39, 0.29) is 30.2 Å². The second-order valence-electron chi connectivity index (χ2n) is 5.79. The summed E-state index contributed by atoms with van der Waals surface area (Å²) in [7, 11) is 1.30. The van der Waals surface area contributed by atoms with Crippen LogP contribution in [0, 0.1) is 23.7 Å². The highest BCUT2D eigenvalue weighted by Crippen LogP contribution is 2.58. The summed E-state index contributed by atoms with van der Waals surface area (Å²) >= 11 is 5.55. The Morgan fingerprint density at radius 1 is 1.38 bits per heavy atom. The van der Waals surface area contributed by atoms with E-state index < -0.39 is 30.0 Å². The first-order valence-corrected chi connectivity index (χ1v) is 7.65. The zero-order valence-electron chi connectivity index (χ0n) is 11.6. The third-order valence-electron chi connectivity index (χ3n) is 4.80. The van der Waals surface area contributed by atoms with Gasteiger partial charge in [-0.15, -0.1) is 11.6 Å². The van der Waals surface area contributed by atoms with Gasteiger partial charge in [-0.05, 0) is 12.8 Å². The molecule has 0 aromatic rings. The summed E-state index contributed by atoms with van der Waals surface area (Å²) in [5.74, 6) is -2.01. The van der Waals surface area contributed by atoms with E-state index in [2.05, 4.69) is 0 Å². The average Bonchev–Trinajstić information content (AvgIpc) is 3.07. The molecule has 0 aromatic carbocycles. The molecule has 21 heavy (non-hydrogen) atoms. The Morgan fingerprint density at radius 2 is 2.14 bits per heavy atom. The quantitative estimate of drug-likeness (QED) is 0.426. The van der Waals surface area contributed by atoms with Crippen LogP contribution in [-0.4, -0.2) is 43.1 Å². The molecule has 1 heterocycles. The van der Waals surface area contributed by atoms with Gasteiger partial charge < -0.3 is 14.2 Å². The van der Waals surface area contributed by atoms with Crippen LogP contribution in [0.1, 0.15) is 19.3 Å². The van der Waals surface area contributed by atoms with Crippen LogP contribution in [0.25, 0.3) is 0 Å². The van der Waals surface area contributed by atoms with Crippen LogP contribution in [0.2, 0.25) is 0 Å². The van der Waals surface area contributed by atoms with Gasteiger partial charge in [-0.1, -0.05) is 0 Å². The highest BCUT2D eigenvalue weighted by molar-refractivity contribution is 6.17. The lowest BCUT2D eigenvalue weighted by Gasteiger charge is -2.29. The van der Waals surface area contributed by atoms with E-state index in [4.69, 9.17) is 25.8 Å². The first-order valence-electron chi connectivity index (χ1n) is 7.12. The van der Waals surface area contributed by atoms with E-state index in [1.165, 1.54) is 7.11 Å². The van der Waals surface area contributed by atoms with Crippen LogP contribution in [0.5, 0.6) is 0 Å². The molecule has 0 radical (unpaired) electrons. The van der Waals surface area contributed by atoms with E-state index >= 15 is 0 Å². The summed E-state index contributed by atoms with van der Waals surface area (Å²) in [5.41, 5.74) is 0. The van der Waals surface area contributed by atoms with Crippen molar-refractivity contribution in [2.45, 2.75) is 31.5 Å². The molecule has 6 nitrogen and oxygen atoms in total. The Kier molecular flexibility index (Phi) is 3.82. The number of alkyl halides is 1. The molecule has 3 fully saturated rings. The van der Waals surface area contributed by atoms with E-state index in [0.29, 0.717) is 18.7 Å². The van der Waals surface area contributed by atoms with Crippen LogP contribution in [-0.2, 0) is 28.6 Å². The molecule has 1 saturated heterocycles. The van der Waals surface area contributed by atoms with Gasteiger partial charge in [0.2, 0.25) is 0 Å². The Labute approximate surface area is 127 Å². The molecule has 6 unspecified atom stereocenters. The Hall–Kier alpha value is -1.30. The molecule has 6 atom stereocenters. The highest BCUT2D eigenvalue weighted by Gasteiger charge is 2.70. The molecule has 0 spiro atoms. The fourth-order valence-electron chi connectivity index (χ4n) is 4.03. The fourth-order valence-corrected chi connectivity index (χ4v) is 4.16. The number of halogens is 1. The normalized spacial score (nSPS) is 39.2. The summed E-state index contributed by atoms with van der Waals surface area (Å²) < 4.78 is 15.6. The highest BCUT2D eigenvalue weighted by atomic mass is 35.5. The van der Waals surface area contributed by atoms with Crippen molar-refractivity contribution >= 4 is 29.5 Å². The molecule has 0 N–H and O–H groups in total. The second-order valence-corrected chi connectivity index (χ2v) is 6.16. The molecular weight excluding hydrogens is 300 g/mol. The predicted molar refractivity (Wildman–Crippen MR) is 70.3 cm³/mol. The molecular formula is C14H17ClO6. The van der Waals surface area contributed by atoms with Crippen molar-refractivity contribution in [1.29, 1.82) is 0 Å². The first-order chi connectivity index (χ1) is 10.1. The monoisotopic (exact) mass is 316 g/mol. The van der Waals surface area contributed by atoms with Gasteiger partial charge in [-0.25, -0.2) is 0 Å². The molecule has 3 aliphatic rings. The maximum absolute atomic E-state index is 12.0. The van der Waals surface area contributed by atoms with Gasteiger partial charge in [0, 0.05) is 24.1 Å². The Bertz CT molecular complexity index is 478. The van der Waals surface area contributed by atoms with Crippen molar-refractivity contribution in [3.8, 4) is 0 Å². The minimum atomic E-state index is -0.558. The summed E-state index contributed by atoms with van der Waals surface area (Å²) in [5, 5.41) is 0. The summed E-state index contributed by atoms with van der Waals surface area (Å²) in [4.78, 5) is 35.7. The maximum Gasteiger partial charge on any atom is 0.310 e. The van der Waals surface area contributed by atoms with Gasteiger partial charge >= 0.3 is 17.9 Å². The maximum atomic E-state index is 12.0. The fraction of sp³-hybridized carbons (Fsp3) is 0.786. The number of methoxy groups -OCH3 is 1. The Balaban J connectivity index is 1.76. The van der Waals surface area contributed by atoms with Gasteiger partial charge in [0.05, 0.1) is 18.9 Å². The number of rotatable bonds is 5. The number of esters is 3. The lowest BCUT2D eigenvalue weighted by atomic mass is 9.78. The SMILES string of the molecule is COC(=O)C1C2CC3C(OC(=O)C31)C2OC(=O)CCCCl. The van der Waals surface area contributed by atoms with Crippen LogP contribution >= 0.6 is 11.6 Å². The molecule has 7 heteroatoms. The molecule has 3 rings (SSSR count). The molecule has 2 saturated carbocycles. The predicted octanol–water partition coefficient (Wildman–Crippen LogP) is 0.898. The molecule has 116 valence electrons. The second kappa shape index (κ2) is 5.48. The standard InChI is InChI=1S/C14H17ClO6/c1-19-13(17)9-6-5-7-10(9)14(18)21-12(7)11(6)20-8(16)3-2-4-15/h6-7,9-12H,2-5H2,1H3. The van der Waals surface area contributed by atoms with Crippen molar-refractivity contribution in [3.63, 3.8) is 0 Å². The number of hydrogen-bond donors (Lipinski definition) is 0. The van der Waals surface area contributed by atoms with Crippen molar-refractivity contribution < 1.29 is 28.6 Å². The van der Waals surface area contributed by atoms with Gasteiger partial charge in [0.1, 0.15) is 12.2 Å². The lowest BCUT2D eigenvalue weighted by molar-refractivity contribution is -0.165.